The number of amides is 1. The summed E-state index contributed by atoms with van der Waals surface area (Å²) in [6, 6.07) is 9.49. The minimum absolute atomic E-state index is 0.0531. The van der Waals surface area contributed by atoms with Crippen LogP contribution in [0.3, 0.4) is 0 Å². The van der Waals surface area contributed by atoms with Crippen LogP contribution in [0.2, 0.25) is 0 Å². The Morgan fingerprint density at radius 2 is 2.00 bits per heavy atom. The van der Waals surface area contributed by atoms with Crippen LogP contribution in [0, 0.1) is 0 Å². The van der Waals surface area contributed by atoms with E-state index in [2.05, 4.69) is 12.2 Å². The van der Waals surface area contributed by atoms with Gasteiger partial charge in [-0.15, -0.1) is 0 Å². The van der Waals surface area contributed by atoms with Crippen molar-refractivity contribution in [2.75, 3.05) is 5.32 Å². The van der Waals surface area contributed by atoms with Crippen LogP contribution in [-0.4, -0.2) is 5.91 Å². The van der Waals surface area contributed by atoms with E-state index in [4.69, 9.17) is 0 Å². The maximum Gasteiger partial charge on any atom is 0.248 e. The molecular weight excluding hydrogens is 198 g/mol. The molecule has 0 aliphatic heterocycles. The summed E-state index contributed by atoms with van der Waals surface area (Å²) in [5, 5.41) is 2.81. The van der Waals surface area contributed by atoms with Gasteiger partial charge in [-0.1, -0.05) is 44.0 Å². The van der Waals surface area contributed by atoms with Crippen molar-refractivity contribution in [3.8, 4) is 0 Å². The molecule has 1 aromatic rings. The zero-order valence-electron chi connectivity index (χ0n) is 9.78. The highest BCUT2D eigenvalue weighted by atomic mass is 16.1. The minimum Gasteiger partial charge on any atom is -0.323 e. The van der Waals surface area contributed by atoms with E-state index >= 15 is 0 Å². The van der Waals surface area contributed by atoms with Gasteiger partial charge < -0.3 is 5.32 Å². The van der Waals surface area contributed by atoms with Crippen molar-refractivity contribution in [1.29, 1.82) is 0 Å². The second kappa shape index (κ2) is 7.69. The molecule has 2 nitrogen and oxygen atoms in total. The maximum atomic E-state index is 11.4. The van der Waals surface area contributed by atoms with E-state index in [1.54, 1.807) is 6.08 Å². The molecule has 0 aliphatic carbocycles. The van der Waals surface area contributed by atoms with Gasteiger partial charge in [-0.3, -0.25) is 4.79 Å². The normalized spacial score (nSPS) is 10.6. The molecule has 0 radical (unpaired) electrons. The Balaban J connectivity index is 2.25. The molecular formula is C14H19NO. The second-order valence-electron chi connectivity index (χ2n) is 3.75. The predicted molar refractivity (Wildman–Crippen MR) is 68.4 cm³/mol. The van der Waals surface area contributed by atoms with E-state index in [-0.39, 0.29) is 5.91 Å². The van der Waals surface area contributed by atoms with E-state index in [9.17, 15) is 4.79 Å². The number of benzene rings is 1. The van der Waals surface area contributed by atoms with Crippen molar-refractivity contribution >= 4 is 11.6 Å². The molecule has 0 aromatic heterocycles. The summed E-state index contributed by atoms with van der Waals surface area (Å²) in [6.07, 6.45) is 8.13. The molecule has 1 amide bonds. The number of para-hydroxylation sites is 1. The summed E-state index contributed by atoms with van der Waals surface area (Å²) >= 11 is 0. The summed E-state index contributed by atoms with van der Waals surface area (Å²) in [6.45, 7) is 2.17. The van der Waals surface area contributed by atoms with Gasteiger partial charge in [-0.25, -0.2) is 0 Å². The molecule has 0 heterocycles. The zero-order chi connectivity index (χ0) is 11.6. The van der Waals surface area contributed by atoms with E-state index in [0.717, 1.165) is 18.5 Å². The fraction of sp³-hybridized carbons (Fsp3) is 0.357. The van der Waals surface area contributed by atoms with Crippen LogP contribution in [-0.2, 0) is 4.79 Å². The molecule has 16 heavy (non-hydrogen) atoms. The Bertz CT molecular complexity index is 330. The largest absolute Gasteiger partial charge is 0.323 e. The highest BCUT2D eigenvalue weighted by molar-refractivity contribution is 5.99. The molecule has 0 saturated heterocycles. The molecule has 1 N–H and O–H groups in total. The first-order chi connectivity index (χ1) is 7.83. The van der Waals surface area contributed by atoms with Crippen molar-refractivity contribution in [3.05, 3.63) is 42.5 Å². The summed E-state index contributed by atoms with van der Waals surface area (Å²) in [4.78, 5) is 11.4. The highest BCUT2D eigenvalue weighted by Gasteiger charge is 1.95. The molecule has 86 valence electrons. The average Bonchev–Trinajstić information content (AvgIpc) is 2.30. The molecule has 0 saturated carbocycles. The SMILES string of the molecule is CCCCC/C=C/C(=O)Nc1ccccc1. The van der Waals surface area contributed by atoms with Gasteiger partial charge in [-0.2, -0.15) is 0 Å². The smallest absolute Gasteiger partial charge is 0.248 e. The van der Waals surface area contributed by atoms with Gasteiger partial charge in [0.1, 0.15) is 0 Å². The standard InChI is InChI=1S/C14H19NO/c1-2-3-4-5-9-12-14(16)15-13-10-7-6-8-11-13/h6-12H,2-5H2,1H3,(H,15,16)/b12-9+. The second-order valence-corrected chi connectivity index (χ2v) is 3.75. The molecule has 2 heteroatoms. The fourth-order valence-corrected chi connectivity index (χ4v) is 1.41. The quantitative estimate of drug-likeness (QED) is 0.570. The number of rotatable bonds is 6. The zero-order valence-corrected chi connectivity index (χ0v) is 9.78. The Labute approximate surface area is 97.4 Å². The lowest BCUT2D eigenvalue weighted by Gasteiger charge is -2.00. The first-order valence-corrected chi connectivity index (χ1v) is 5.85. The summed E-state index contributed by atoms with van der Waals surface area (Å²) in [5.74, 6) is -0.0531. The Morgan fingerprint density at radius 1 is 1.25 bits per heavy atom. The van der Waals surface area contributed by atoms with E-state index in [1.165, 1.54) is 12.8 Å². The van der Waals surface area contributed by atoms with Crippen molar-refractivity contribution in [3.63, 3.8) is 0 Å². The lowest BCUT2D eigenvalue weighted by Crippen LogP contribution is -2.07. The van der Waals surface area contributed by atoms with E-state index < -0.39 is 0 Å². The van der Waals surface area contributed by atoms with Crippen LogP contribution in [0.1, 0.15) is 32.6 Å². The summed E-state index contributed by atoms with van der Waals surface area (Å²) in [5.41, 5.74) is 0.839. The third-order valence-corrected chi connectivity index (χ3v) is 2.28. The van der Waals surface area contributed by atoms with Crippen LogP contribution in [0.25, 0.3) is 0 Å². The Kier molecular flexibility index (Phi) is 6.00. The molecule has 0 unspecified atom stereocenters. The number of hydrogen-bond donors (Lipinski definition) is 1. The fourth-order valence-electron chi connectivity index (χ4n) is 1.41. The first-order valence-electron chi connectivity index (χ1n) is 5.85. The van der Waals surface area contributed by atoms with Crippen molar-refractivity contribution in [2.24, 2.45) is 0 Å². The number of carbonyl (C=O) groups is 1. The van der Waals surface area contributed by atoms with Crippen LogP contribution >= 0.6 is 0 Å². The van der Waals surface area contributed by atoms with Gasteiger partial charge in [0.25, 0.3) is 0 Å². The summed E-state index contributed by atoms with van der Waals surface area (Å²) in [7, 11) is 0. The van der Waals surface area contributed by atoms with Crippen LogP contribution in [0.5, 0.6) is 0 Å². The van der Waals surface area contributed by atoms with Gasteiger partial charge in [0.2, 0.25) is 5.91 Å². The molecule has 1 rings (SSSR count). The minimum atomic E-state index is -0.0531. The topological polar surface area (TPSA) is 29.1 Å². The third kappa shape index (κ3) is 5.35. The highest BCUT2D eigenvalue weighted by Crippen LogP contribution is 2.05. The molecule has 0 atom stereocenters. The number of allylic oxidation sites excluding steroid dienone is 1. The number of nitrogens with one attached hydrogen (secondary N) is 1. The van der Waals surface area contributed by atoms with Crippen molar-refractivity contribution < 1.29 is 4.79 Å². The van der Waals surface area contributed by atoms with Crippen molar-refractivity contribution in [1.82, 2.24) is 0 Å². The number of hydrogen-bond acceptors (Lipinski definition) is 1. The molecule has 1 aromatic carbocycles. The third-order valence-electron chi connectivity index (χ3n) is 2.28. The summed E-state index contributed by atoms with van der Waals surface area (Å²) < 4.78 is 0. The van der Waals surface area contributed by atoms with Gasteiger partial charge in [0, 0.05) is 5.69 Å². The van der Waals surface area contributed by atoms with Gasteiger partial charge >= 0.3 is 0 Å². The lowest BCUT2D eigenvalue weighted by molar-refractivity contribution is -0.111. The Hall–Kier alpha value is -1.57. The van der Waals surface area contributed by atoms with Crippen LogP contribution in [0.4, 0.5) is 5.69 Å². The maximum absolute atomic E-state index is 11.4. The predicted octanol–water partition coefficient (Wildman–Crippen LogP) is 3.76. The molecule has 0 spiro atoms. The monoisotopic (exact) mass is 217 g/mol. The molecule has 0 fully saturated rings. The van der Waals surface area contributed by atoms with Gasteiger partial charge in [0.05, 0.1) is 0 Å². The Morgan fingerprint density at radius 3 is 2.69 bits per heavy atom. The van der Waals surface area contributed by atoms with Gasteiger partial charge in [0.15, 0.2) is 0 Å². The van der Waals surface area contributed by atoms with E-state index in [0.29, 0.717) is 0 Å². The van der Waals surface area contributed by atoms with Gasteiger partial charge in [-0.05, 0) is 31.1 Å². The van der Waals surface area contributed by atoms with Crippen LogP contribution in [0.15, 0.2) is 42.5 Å². The number of anilines is 1. The van der Waals surface area contributed by atoms with Crippen molar-refractivity contribution in [2.45, 2.75) is 32.6 Å². The molecule has 0 aliphatic rings. The number of carbonyl (C=O) groups excluding carboxylic acids is 1. The van der Waals surface area contributed by atoms with Crippen LogP contribution < -0.4 is 5.32 Å². The molecule has 0 bridgehead atoms. The average molecular weight is 217 g/mol. The van der Waals surface area contributed by atoms with E-state index in [1.807, 2.05) is 36.4 Å². The first kappa shape index (κ1) is 12.5. The lowest BCUT2D eigenvalue weighted by atomic mass is 10.2. The number of unbranched alkanes of at least 4 members (excludes halogenated alkanes) is 3.